The van der Waals surface area contributed by atoms with E-state index in [4.69, 9.17) is 4.74 Å². The van der Waals surface area contributed by atoms with Crippen LogP contribution in [-0.2, 0) is 6.42 Å². The molecular weight excluding hydrogens is 290 g/mol. The summed E-state index contributed by atoms with van der Waals surface area (Å²) < 4.78 is 5.13. The van der Waals surface area contributed by atoms with E-state index in [1.54, 1.807) is 7.11 Å². The lowest BCUT2D eigenvalue weighted by atomic mass is 10.1. The molecule has 0 aliphatic carbocycles. The van der Waals surface area contributed by atoms with Crippen LogP contribution in [0, 0.1) is 0 Å². The highest BCUT2D eigenvalue weighted by Crippen LogP contribution is 2.11. The number of hydrogen-bond acceptors (Lipinski definition) is 3. The number of methoxy groups -OCH3 is 1. The first-order valence-corrected chi connectivity index (χ1v) is 8.65. The van der Waals surface area contributed by atoms with Crippen molar-refractivity contribution in [1.29, 1.82) is 0 Å². The van der Waals surface area contributed by atoms with Crippen LogP contribution in [0.2, 0.25) is 0 Å². The van der Waals surface area contributed by atoms with Crippen LogP contribution in [0.15, 0.2) is 24.3 Å². The predicted octanol–water partition coefficient (Wildman–Crippen LogP) is 2.41. The molecule has 1 aromatic rings. The predicted molar refractivity (Wildman–Crippen MR) is 93.0 cm³/mol. The largest absolute Gasteiger partial charge is 0.497 e. The van der Waals surface area contributed by atoms with Crippen LogP contribution in [0.5, 0.6) is 5.75 Å². The van der Waals surface area contributed by atoms with Crippen LogP contribution in [0.4, 0.5) is 4.79 Å². The van der Waals surface area contributed by atoms with Crippen molar-refractivity contribution < 1.29 is 9.53 Å². The Kier molecular flexibility index (Phi) is 7.73. The smallest absolute Gasteiger partial charge is 0.314 e. The molecule has 1 saturated heterocycles. The fourth-order valence-electron chi connectivity index (χ4n) is 2.84. The van der Waals surface area contributed by atoms with Gasteiger partial charge in [-0.25, -0.2) is 4.79 Å². The topological polar surface area (TPSA) is 53.6 Å². The van der Waals surface area contributed by atoms with E-state index in [-0.39, 0.29) is 6.03 Å². The second-order valence-corrected chi connectivity index (χ2v) is 6.04. The van der Waals surface area contributed by atoms with Gasteiger partial charge in [0.25, 0.3) is 0 Å². The van der Waals surface area contributed by atoms with Crippen molar-refractivity contribution in [2.75, 3.05) is 39.8 Å². The Labute approximate surface area is 139 Å². The zero-order valence-electron chi connectivity index (χ0n) is 14.1. The van der Waals surface area contributed by atoms with E-state index in [1.807, 2.05) is 24.3 Å². The van der Waals surface area contributed by atoms with Crippen molar-refractivity contribution in [3.8, 4) is 5.75 Å². The van der Waals surface area contributed by atoms with Crippen molar-refractivity contribution >= 4 is 6.03 Å². The lowest BCUT2D eigenvalue weighted by molar-refractivity contribution is 0.240. The summed E-state index contributed by atoms with van der Waals surface area (Å²) in [6.45, 7) is 5.06. The molecule has 5 heteroatoms. The van der Waals surface area contributed by atoms with Crippen molar-refractivity contribution in [3.63, 3.8) is 0 Å². The Morgan fingerprint density at radius 3 is 2.48 bits per heavy atom. The molecule has 0 aromatic heterocycles. The van der Waals surface area contributed by atoms with Crippen LogP contribution < -0.4 is 15.4 Å². The van der Waals surface area contributed by atoms with Gasteiger partial charge in [0.1, 0.15) is 5.75 Å². The van der Waals surface area contributed by atoms with Crippen LogP contribution in [0.25, 0.3) is 0 Å². The number of carbonyl (C=O) groups excluding carboxylic acids is 1. The summed E-state index contributed by atoms with van der Waals surface area (Å²) in [5, 5.41) is 5.82. The van der Waals surface area contributed by atoms with E-state index in [1.165, 1.54) is 38.0 Å². The number of urea groups is 1. The van der Waals surface area contributed by atoms with E-state index in [9.17, 15) is 4.79 Å². The summed E-state index contributed by atoms with van der Waals surface area (Å²) in [4.78, 5) is 14.2. The Morgan fingerprint density at radius 2 is 1.78 bits per heavy atom. The molecule has 0 atom stereocenters. The second kappa shape index (κ2) is 10.1. The third kappa shape index (κ3) is 6.91. The molecule has 1 aliphatic rings. The molecule has 1 aliphatic heterocycles. The average molecular weight is 319 g/mol. The molecule has 1 heterocycles. The number of unbranched alkanes of at least 4 members (excludes halogenated alkanes) is 1. The molecule has 2 rings (SSSR count). The van der Waals surface area contributed by atoms with Gasteiger partial charge in [0.05, 0.1) is 7.11 Å². The second-order valence-electron chi connectivity index (χ2n) is 6.04. The number of rotatable bonds is 9. The molecule has 0 saturated carbocycles. The monoisotopic (exact) mass is 319 g/mol. The molecule has 0 radical (unpaired) electrons. The molecule has 1 aromatic carbocycles. The summed E-state index contributed by atoms with van der Waals surface area (Å²) in [6, 6.07) is 7.86. The Bertz CT molecular complexity index is 456. The van der Waals surface area contributed by atoms with E-state index in [0.29, 0.717) is 6.54 Å². The molecule has 0 unspecified atom stereocenters. The molecule has 128 valence electrons. The van der Waals surface area contributed by atoms with Crippen molar-refractivity contribution in [2.24, 2.45) is 0 Å². The van der Waals surface area contributed by atoms with Gasteiger partial charge in [0.2, 0.25) is 0 Å². The van der Waals surface area contributed by atoms with Gasteiger partial charge in [-0.15, -0.1) is 0 Å². The third-order valence-corrected chi connectivity index (χ3v) is 4.24. The maximum Gasteiger partial charge on any atom is 0.314 e. The highest BCUT2D eigenvalue weighted by Gasteiger charge is 2.10. The molecule has 5 nitrogen and oxygen atoms in total. The lowest BCUT2D eigenvalue weighted by Gasteiger charge is -2.14. The van der Waals surface area contributed by atoms with E-state index >= 15 is 0 Å². The minimum Gasteiger partial charge on any atom is -0.497 e. The standard InChI is InChI=1S/C18H29N3O2/c1-23-17-8-6-16(7-9-17)10-12-20-18(22)19-11-2-3-13-21-14-4-5-15-21/h6-9H,2-5,10-15H2,1H3,(H2,19,20,22). The first kappa shape index (κ1) is 17.6. The minimum atomic E-state index is -0.0697. The number of nitrogens with zero attached hydrogens (tertiary/aromatic N) is 1. The first-order valence-electron chi connectivity index (χ1n) is 8.65. The van der Waals surface area contributed by atoms with E-state index in [0.717, 1.165) is 31.6 Å². The van der Waals surface area contributed by atoms with Gasteiger partial charge < -0.3 is 20.3 Å². The quantitative estimate of drug-likeness (QED) is 0.687. The number of likely N-dealkylation sites (tertiary alicyclic amines) is 1. The highest BCUT2D eigenvalue weighted by molar-refractivity contribution is 5.73. The maximum absolute atomic E-state index is 11.7. The Balaban J connectivity index is 1.47. The van der Waals surface area contributed by atoms with Gasteiger partial charge in [-0.2, -0.15) is 0 Å². The van der Waals surface area contributed by atoms with Gasteiger partial charge in [-0.1, -0.05) is 12.1 Å². The molecule has 2 N–H and O–H groups in total. The lowest BCUT2D eigenvalue weighted by Crippen LogP contribution is -2.37. The number of hydrogen-bond donors (Lipinski definition) is 2. The van der Waals surface area contributed by atoms with Crippen molar-refractivity contribution in [3.05, 3.63) is 29.8 Å². The van der Waals surface area contributed by atoms with Crippen LogP contribution in [-0.4, -0.2) is 50.8 Å². The first-order chi connectivity index (χ1) is 11.3. The summed E-state index contributed by atoms with van der Waals surface area (Å²) in [6.07, 6.45) is 5.71. The molecule has 2 amide bonds. The molecular formula is C18H29N3O2. The third-order valence-electron chi connectivity index (χ3n) is 4.24. The van der Waals surface area contributed by atoms with Gasteiger partial charge in [-0.3, -0.25) is 0 Å². The number of carbonyl (C=O) groups is 1. The summed E-state index contributed by atoms with van der Waals surface area (Å²) in [5.41, 5.74) is 1.19. The number of nitrogens with one attached hydrogen (secondary N) is 2. The minimum absolute atomic E-state index is 0.0697. The fraction of sp³-hybridized carbons (Fsp3) is 0.611. The van der Waals surface area contributed by atoms with Crippen molar-refractivity contribution in [2.45, 2.75) is 32.1 Å². The van der Waals surface area contributed by atoms with E-state index < -0.39 is 0 Å². The number of amides is 2. The SMILES string of the molecule is COc1ccc(CCNC(=O)NCCCCN2CCCC2)cc1. The Morgan fingerprint density at radius 1 is 1.09 bits per heavy atom. The highest BCUT2D eigenvalue weighted by atomic mass is 16.5. The normalized spacial score (nSPS) is 14.7. The van der Waals surface area contributed by atoms with E-state index in [2.05, 4.69) is 15.5 Å². The van der Waals surface area contributed by atoms with Gasteiger partial charge >= 0.3 is 6.03 Å². The molecule has 0 spiro atoms. The maximum atomic E-state index is 11.7. The molecule has 23 heavy (non-hydrogen) atoms. The summed E-state index contributed by atoms with van der Waals surface area (Å²) in [7, 11) is 1.66. The van der Waals surface area contributed by atoms with Gasteiger partial charge in [0, 0.05) is 13.1 Å². The van der Waals surface area contributed by atoms with Crippen LogP contribution in [0.1, 0.15) is 31.2 Å². The number of benzene rings is 1. The van der Waals surface area contributed by atoms with Crippen LogP contribution in [0.3, 0.4) is 0 Å². The summed E-state index contributed by atoms with van der Waals surface area (Å²) in [5.74, 6) is 0.855. The average Bonchev–Trinajstić information content (AvgIpc) is 3.08. The van der Waals surface area contributed by atoms with Crippen LogP contribution >= 0.6 is 0 Å². The van der Waals surface area contributed by atoms with Crippen molar-refractivity contribution in [1.82, 2.24) is 15.5 Å². The Hall–Kier alpha value is -1.75. The van der Waals surface area contributed by atoms with Gasteiger partial charge in [0.15, 0.2) is 0 Å². The molecule has 1 fully saturated rings. The fourth-order valence-corrected chi connectivity index (χ4v) is 2.84. The summed E-state index contributed by atoms with van der Waals surface area (Å²) >= 11 is 0. The zero-order chi connectivity index (χ0) is 16.3. The molecule has 0 bridgehead atoms. The zero-order valence-corrected chi connectivity index (χ0v) is 14.1. The van der Waals surface area contributed by atoms with Gasteiger partial charge in [-0.05, 0) is 69.4 Å². The number of ether oxygens (including phenoxy) is 1.